The Morgan fingerprint density at radius 3 is 2.30 bits per heavy atom. The fourth-order valence-corrected chi connectivity index (χ4v) is 5.21. The minimum absolute atomic E-state index is 0.0692. The third-order valence-electron chi connectivity index (χ3n) is 5.48. The molecule has 1 aliphatic heterocycles. The van der Waals surface area contributed by atoms with Gasteiger partial charge in [-0.05, 0) is 48.9 Å². The summed E-state index contributed by atoms with van der Waals surface area (Å²) in [7, 11) is -3.92. The van der Waals surface area contributed by atoms with Crippen LogP contribution in [0.5, 0.6) is 5.75 Å². The lowest BCUT2D eigenvalue weighted by molar-refractivity contribution is -0.274. The number of carbonyl (C=O) groups excluding carboxylic acids is 1. The average Bonchev–Trinajstić information content (AvgIpc) is 2.78. The Kier molecular flexibility index (Phi) is 6.02. The molecule has 0 N–H and O–H groups in total. The van der Waals surface area contributed by atoms with Crippen molar-refractivity contribution in [3.05, 3.63) is 65.9 Å². The molecule has 7 nitrogen and oxygen atoms in total. The van der Waals surface area contributed by atoms with Gasteiger partial charge in [-0.3, -0.25) is 9.78 Å². The Morgan fingerprint density at radius 1 is 1.00 bits per heavy atom. The van der Waals surface area contributed by atoms with Gasteiger partial charge in [0.05, 0.1) is 10.4 Å². The first-order valence-corrected chi connectivity index (χ1v) is 11.5. The molecule has 3 aromatic rings. The molecule has 1 aliphatic rings. The van der Waals surface area contributed by atoms with E-state index >= 15 is 0 Å². The molecule has 0 bridgehead atoms. The van der Waals surface area contributed by atoms with Crippen LogP contribution in [0, 0.1) is 6.92 Å². The van der Waals surface area contributed by atoms with Gasteiger partial charge in [0.2, 0.25) is 10.0 Å². The van der Waals surface area contributed by atoms with E-state index in [0.717, 1.165) is 40.7 Å². The van der Waals surface area contributed by atoms with E-state index in [1.54, 1.807) is 17.2 Å². The number of benzene rings is 2. The molecule has 0 atom stereocenters. The Bertz CT molecular complexity index is 1290. The van der Waals surface area contributed by atoms with Gasteiger partial charge in [0.25, 0.3) is 5.91 Å². The van der Waals surface area contributed by atoms with Crippen molar-refractivity contribution in [1.29, 1.82) is 0 Å². The summed E-state index contributed by atoms with van der Waals surface area (Å²) in [5, 5.41) is 0.925. The first-order valence-electron chi connectivity index (χ1n) is 10.1. The Labute approximate surface area is 188 Å². The zero-order valence-corrected chi connectivity index (χ0v) is 18.4. The van der Waals surface area contributed by atoms with Crippen molar-refractivity contribution >= 4 is 26.8 Å². The molecule has 1 aromatic heterocycles. The van der Waals surface area contributed by atoms with E-state index in [9.17, 15) is 26.4 Å². The number of ether oxygens (including phenoxy) is 1. The van der Waals surface area contributed by atoms with Gasteiger partial charge in [-0.25, -0.2) is 8.42 Å². The van der Waals surface area contributed by atoms with Gasteiger partial charge in [-0.15, -0.1) is 13.2 Å². The van der Waals surface area contributed by atoms with Crippen molar-refractivity contribution < 1.29 is 31.1 Å². The van der Waals surface area contributed by atoms with Gasteiger partial charge in [-0.2, -0.15) is 4.31 Å². The standard InChI is InChI=1S/C22H20F3N3O4S/c1-15-19(9-4-16-3-2-10-26-20(15)16)21(29)27-11-13-28(14-12-27)33(30,31)18-7-5-17(6-8-18)32-22(23,24)25/h2-10H,11-14H2,1H3. The number of nitrogens with zero attached hydrogens (tertiary/aromatic N) is 3. The largest absolute Gasteiger partial charge is 0.573 e. The van der Waals surface area contributed by atoms with E-state index < -0.39 is 22.1 Å². The first-order chi connectivity index (χ1) is 15.6. The topological polar surface area (TPSA) is 79.8 Å². The highest BCUT2D eigenvalue weighted by Crippen LogP contribution is 2.26. The smallest absolute Gasteiger partial charge is 0.406 e. The molecule has 4 rings (SSSR count). The number of aromatic nitrogens is 1. The molecule has 1 saturated heterocycles. The van der Waals surface area contributed by atoms with Crippen molar-refractivity contribution in [1.82, 2.24) is 14.2 Å². The molecule has 0 radical (unpaired) electrons. The number of pyridine rings is 1. The minimum atomic E-state index is -4.86. The van der Waals surface area contributed by atoms with E-state index in [2.05, 4.69) is 9.72 Å². The van der Waals surface area contributed by atoms with Crippen molar-refractivity contribution in [2.45, 2.75) is 18.2 Å². The summed E-state index contributed by atoms with van der Waals surface area (Å²) in [6.07, 6.45) is -3.20. The predicted molar refractivity (Wildman–Crippen MR) is 114 cm³/mol. The highest BCUT2D eigenvalue weighted by Gasteiger charge is 2.33. The zero-order valence-electron chi connectivity index (χ0n) is 17.5. The number of alkyl halides is 3. The molecule has 1 fully saturated rings. The lowest BCUT2D eigenvalue weighted by Crippen LogP contribution is -2.50. The lowest BCUT2D eigenvalue weighted by atomic mass is 10.0. The van der Waals surface area contributed by atoms with Crippen molar-refractivity contribution in [2.24, 2.45) is 0 Å². The maximum atomic E-state index is 13.1. The highest BCUT2D eigenvalue weighted by atomic mass is 32.2. The van der Waals surface area contributed by atoms with E-state index in [1.807, 2.05) is 25.1 Å². The maximum absolute atomic E-state index is 13.1. The van der Waals surface area contributed by atoms with Gasteiger partial charge in [0.1, 0.15) is 5.75 Å². The first kappa shape index (κ1) is 23.0. The zero-order chi connectivity index (χ0) is 23.8. The quantitative estimate of drug-likeness (QED) is 0.572. The van der Waals surface area contributed by atoms with Crippen molar-refractivity contribution in [3.63, 3.8) is 0 Å². The third kappa shape index (κ3) is 4.79. The van der Waals surface area contributed by atoms with Crippen LogP contribution >= 0.6 is 0 Å². The molecule has 0 unspecified atom stereocenters. The molecule has 0 spiro atoms. The van der Waals surface area contributed by atoms with Crippen LogP contribution in [-0.4, -0.2) is 61.1 Å². The van der Waals surface area contributed by atoms with Crippen LogP contribution in [0.2, 0.25) is 0 Å². The van der Waals surface area contributed by atoms with Crippen LogP contribution in [0.4, 0.5) is 13.2 Å². The van der Waals surface area contributed by atoms with E-state index in [1.165, 1.54) is 4.31 Å². The molecule has 11 heteroatoms. The third-order valence-corrected chi connectivity index (χ3v) is 7.39. The Hall–Kier alpha value is -3.18. The fourth-order valence-electron chi connectivity index (χ4n) is 3.79. The average molecular weight is 479 g/mol. The van der Waals surface area contributed by atoms with Gasteiger partial charge >= 0.3 is 6.36 Å². The Morgan fingerprint density at radius 2 is 1.67 bits per heavy atom. The van der Waals surface area contributed by atoms with Crippen LogP contribution < -0.4 is 4.74 Å². The number of fused-ring (bicyclic) bond motifs is 1. The lowest BCUT2D eigenvalue weighted by Gasteiger charge is -2.34. The van der Waals surface area contributed by atoms with Crippen LogP contribution in [0.3, 0.4) is 0 Å². The van der Waals surface area contributed by atoms with Crippen molar-refractivity contribution in [3.8, 4) is 5.75 Å². The number of rotatable bonds is 4. The number of hydrogen-bond donors (Lipinski definition) is 0. The van der Waals surface area contributed by atoms with Gasteiger partial charge < -0.3 is 9.64 Å². The Balaban J connectivity index is 1.45. The number of amides is 1. The van der Waals surface area contributed by atoms with E-state index in [4.69, 9.17) is 0 Å². The predicted octanol–water partition coefficient (Wildman–Crippen LogP) is 3.59. The summed E-state index contributed by atoms with van der Waals surface area (Å²) in [5.74, 6) is -0.706. The molecule has 2 heterocycles. The molecule has 1 amide bonds. The minimum Gasteiger partial charge on any atom is -0.406 e. The SMILES string of the molecule is Cc1c(C(=O)N2CCN(S(=O)(=O)c3ccc(OC(F)(F)F)cc3)CC2)ccc2cccnc12. The maximum Gasteiger partial charge on any atom is 0.573 e. The molecule has 0 saturated carbocycles. The van der Waals surface area contributed by atoms with Gasteiger partial charge in [-0.1, -0.05) is 12.1 Å². The molecule has 33 heavy (non-hydrogen) atoms. The van der Waals surface area contributed by atoms with Crippen LogP contribution in [-0.2, 0) is 10.0 Å². The monoisotopic (exact) mass is 479 g/mol. The second-order valence-corrected chi connectivity index (χ2v) is 9.47. The summed E-state index contributed by atoms with van der Waals surface area (Å²) in [6, 6.07) is 11.4. The molecule has 174 valence electrons. The molecule has 0 aliphatic carbocycles. The van der Waals surface area contributed by atoms with Gasteiger partial charge in [0, 0.05) is 43.3 Å². The number of aryl methyl sites for hydroxylation is 1. The summed E-state index contributed by atoms with van der Waals surface area (Å²) < 4.78 is 67.7. The molecule has 2 aromatic carbocycles. The number of carbonyl (C=O) groups is 1. The fraction of sp³-hybridized carbons (Fsp3) is 0.273. The number of piperazine rings is 1. The van der Waals surface area contributed by atoms with Gasteiger partial charge in [0.15, 0.2) is 0 Å². The second kappa shape index (κ2) is 8.64. The van der Waals surface area contributed by atoms with E-state index in [-0.39, 0.29) is 37.0 Å². The van der Waals surface area contributed by atoms with Crippen LogP contribution in [0.1, 0.15) is 15.9 Å². The summed E-state index contributed by atoms with van der Waals surface area (Å²) in [4.78, 5) is 18.9. The second-order valence-electron chi connectivity index (χ2n) is 7.53. The van der Waals surface area contributed by atoms with Crippen molar-refractivity contribution in [2.75, 3.05) is 26.2 Å². The summed E-state index contributed by atoms with van der Waals surface area (Å²) in [6.45, 7) is 2.34. The number of halogens is 3. The number of sulfonamides is 1. The van der Waals surface area contributed by atoms with Crippen LogP contribution in [0.15, 0.2) is 59.6 Å². The number of hydrogen-bond acceptors (Lipinski definition) is 5. The highest BCUT2D eigenvalue weighted by molar-refractivity contribution is 7.89. The van der Waals surface area contributed by atoms with Crippen LogP contribution in [0.25, 0.3) is 10.9 Å². The summed E-state index contributed by atoms with van der Waals surface area (Å²) >= 11 is 0. The summed E-state index contributed by atoms with van der Waals surface area (Å²) in [5.41, 5.74) is 2.01. The molecular formula is C22H20F3N3O4S. The van der Waals surface area contributed by atoms with E-state index in [0.29, 0.717) is 5.56 Å². The molecular weight excluding hydrogens is 459 g/mol. The normalized spacial score (nSPS) is 15.6.